The summed E-state index contributed by atoms with van der Waals surface area (Å²) in [5.41, 5.74) is 6.91. The molecule has 2 aromatic rings. The minimum absolute atomic E-state index is 0.100. The number of nitrogen functional groups attached to an aromatic ring is 1. The lowest BCUT2D eigenvalue weighted by atomic mass is 10.3. The second-order valence-electron chi connectivity index (χ2n) is 3.52. The monoisotopic (exact) mass is 256 g/mol. The molecule has 7 heteroatoms. The highest BCUT2D eigenvalue weighted by molar-refractivity contribution is 7.91. The molecule has 0 aliphatic carbocycles. The molecule has 2 rings (SSSR count). The molecule has 92 valence electrons. The van der Waals surface area contributed by atoms with E-state index in [1.807, 2.05) is 0 Å². The van der Waals surface area contributed by atoms with Crippen LogP contribution in [0.4, 0.5) is 5.69 Å². The van der Waals surface area contributed by atoms with Crippen molar-refractivity contribution in [3.05, 3.63) is 18.2 Å². The van der Waals surface area contributed by atoms with Gasteiger partial charge in [0.05, 0.1) is 12.4 Å². The van der Waals surface area contributed by atoms with E-state index in [1.165, 1.54) is 7.11 Å². The zero-order valence-electron chi connectivity index (χ0n) is 9.21. The summed E-state index contributed by atoms with van der Waals surface area (Å²) in [6, 6.07) is 4.78. The van der Waals surface area contributed by atoms with Gasteiger partial charge in [0.15, 0.2) is 5.58 Å². The number of sulfone groups is 1. The molecule has 0 amide bonds. The highest BCUT2D eigenvalue weighted by Gasteiger charge is 2.21. The first-order valence-electron chi connectivity index (χ1n) is 4.91. The third kappa shape index (κ3) is 2.40. The Hall–Kier alpha value is -1.60. The van der Waals surface area contributed by atoms with Gasteiger partial charge in [-0.05, 0) is 18.2 Å². The number of hydrogen-bond donors (Lipinski definition) is 1. The van der Waals surface area contributed by atoms with E-state index in [1.54, 1.807) is 18.2 Å². The van der Waals surface area contributed by atoms with Crippen LogP contribution in [0.5, 0.6) is 0 Å². The highest BCUT2D eigenvalue weighted by Crippen LogP contribution is 2.21. The molecule has 1 aromatic carbocycles. The fourth-order valence-electron chi connectivity index (χ4n) is 1.34. The second-order valence-corrected chi connectivity index (χ2v) is 5.51. The van der Waals surface area contributed by atoms with Crippen molar-refractivity contribution in [2.45, 2.75) is 5.22 Å². The summed E-state index contributed by atoms with van der Waals surface area (Å²) in [7, 11) is -2.11. The van der Waals surface area contributed by atoms with Gasteiger partial charge in [-0.25, -0.2) is 8.42 Å². The van der Waals surface area contributed by atoms with Gasteiger partial charge in [-0.2, -0.15) is 4.98 Å². The molecule has 17 heavy (non-hydrogen) atoms. The van der Waals surface area contributed by atoms with Crippen molar-refractivity contribution in [1.29, 1.82) is 0 Å². The van der Waals surface area contributed by atoms with Gasteiger partial charge in [-0.1, -0.05) is 0 Å². The molecule has 0 radical (unpaired) electrons. The van der Waals surface area contributed by atoms with Crippen LogP contribution in [0.3, 0.4) is 0 Å². The van der Waals surface area contributed by atoms with Crippen molar-refractivity contribution >= 4 is 26.6 Å². The number of anilines is 1. The fraction of sp³-hybridized carbons (Fsp3) is 0.300. The SMILES string of the molecule is COCCS(=O)(=O)c1nc2cc(N)ccc2o1. The lowest BCUT2D eigenvalue weighted by Gasteiger charge is -1.97. The largest absolute Gasteiger partial charge is 0.428 e. The Labute approximate surface area is 98.3 Å². The molecular formula is C10H12N2O4S. The van der Waals surface area contributed by atoms with Crippen molar-refractivity contribution < 1.29 is 17.6 Å². The summed E-state index contributed by atoms with van der Waals surface area (Å²) in [5, 5.41) is -0.296. The van der Waals surface area contributed by atoms with Crippen LogP contribution < -0.4 is 5.73 Å². The lowest BCUT2D eigenvalue weighted by molar-refractivity contribution is 0.216. The molecule has 0 saturated heterocycles. The zero-order chi connectivity index (χ0) is 12.5. The summed E-state index contributed by atoms with van der Waals surface area (Å²) < 4.78 is 33.5. The molecule has 2 N–H and O–H groups in total. The Morgan fingerprint density at radius 1 is 1.47 bits per heavy atom. The topological polar surface area (TPSA) is 95.4 Å². The molecule has 1 aromatic heterocycles. The number of nitrogens with two attached hydrogens (primary N) is 1. The predicted octanol–water partition coefficient (Wildman–Crippen LogP) is 0.830. The summed E-state index contributed by atoms with van der Waals surface area (Å²) >= 11 is 0. The maximum atomic E-state index is 11.8. The third-order valence-electron chi connectivity index (χ3n) is 2.21. The molecule has 0 spiro atoms. The van der Waals surface area contributed by atoms with Gasteiger partial charge in [0.1, 0.15) is 5.52 Å². The fourth-order valence-corrected chi connectivity index (χ4v) is 2.35. The lowest BCUT2D eigenvalue weighted by Crippen LogP contribution is -2.11. The number of benzene rings is 1. The molecule has 0 aliphatic rings. The molecular weight excluding hydrogens is 244 g/mol. The maximum absolute atomic E-state index is 11.8. The number of nitrogens with zero attached hydrogens (tertiary/aromatic N) is 1. The maximum Gasteiger partial charge on any atom is 0.316 e. The molecule has 0 atom stereocenters. The van der Waals surface area contributed by atoms with E-state index in [2.05, 4.69) is 4.98 Å². The minimum atomic E-state index is -3.54. The number of methoxy groups -OCH3 is 1. The van der Waals surface area contributed by atoms with E-state index < -0.39 is 9.84 Å². The average Bonchev–Trinajstić information content (AvgIpc) is 2.70. The van der Waals surface area contributed by atoms with Crippen molar-refractivity contribution in [2.75, 3.05) is 25.2 Å². The van der Waals surface area contributed by atoms with E-state index in [0.717, 1.165) is 0 Å². The van der Waals surface area contributed by atoms with Crippen molar-refractivity contribution in [3.8, 4) is 0 Å². The molecule has 0 aliphatic heterocycles. The Bertz CT molecular complexity index is 633. The number of oxazole rings is 1. The van der Waals surface area contributed by atoms with Gasteiger partial charge in [0.25, 0.3) is 0 Å². The Balaban J connectivity index is 2.43. The van der Waals surface area contributed by atoms with Crippen LogP contribution >= 0.6 is 0 Å². The quantitative estimate of drug-likeness (QED) is 0.814. The van der Waals surface area contributed by atoms with Crippen LogP contribution in [0.2, 0.25) is 0 Å². The van der Waals surface area contributed by atoms with Gasteiger partial charge < -0.3 is 14.9 Å². The zero-order valence-corrected chi connectivity index (χ0v) is 10.0. The normalized spacial score (nSPS) is 12.1. The molecule has 6 nitrogen and oxygen atoms in total. The Morgan fingerprint density at radius 3 is 2.94 bits per heavy atom. The summed E-state index contributed by atoms with van der Waals surface area (Å²) in [6.07, 6.45) is 0. The number of aromatic nitrogens is 1. The van der Waals surface area contributed by atoms with Crippen LogP contribution in [0.25, 0.3) is 11.1 Å². The van der Waals surface area contributed by atoms with E-state index in [0.29, 0.717) is 16.8 Å². The van der Waals surface area contributed by atoms with Crippen LogP contribution in [0.1, 0.15) is 0 Å². The minimum Gasteiger partial charge on any atom is -0.428 e. The van der Waals surface area contributed by atoms with Gasteiger partial charge in [0.2, 0.25) is 9.84 Å². The standard InChI is InChI=1S/C10H12N2O4S/c1-15-4-5-17(13,14)10-12-8-6-7(11)2-3-9(8)16-10/h2-3,6H,4-5,11H2,1H3. The first-order valence-corrected chi connectivity index (χ1v) is 6.56. The predicted molar refractivity (Wildman–Crippen MR) is 62.4 cm³/mol. The second kappa shape index (κ2) is 4.34. The highest BCUT2D eigenvalue weighted by atomic mass is 32.2. The van der Waals surface area contributed by atoms with Crippen LogP contribution in [0.15, 0.2) is 27.8 Å². The third-order valence-corrected chi connectivity index (χ3v) is 3.63. The van der Waals surface area contributed by atoms with Gasteiger partial charge in [0, 0.05) is 12.8 Å². The van der Waals surface area contributed by atoms with E-state index in [-0.39, 0.29) is 17.6 Å². The van der Waals surface area contributed by atoms with E-state index in [9.17, 15) is 8.42 Å². The number of fused-ring (bicyclic) bond motifs is 1. The van der Waals surface area contributed by atoms with Gasteiger partial charge >= 0.3 is 5.22 Å². The first kappa shape index (κ1) is 11.9. The van der Waals surface area contributed by atoms with Crippen LogP contribution in [0, 0.1) is 0 Å². The van der Waals surface area contributed by atoms with E-state index in [4.69, 9.17) is 14.9 Å². The Kier molecular flexibility index (Phi) is 3.03. The molecule has 0 saturated carbocycles. The van der Waals surface area contributed by atoms with Gasteiger partial charge in [-0.15, -0.1) is 0 Å². The number of rotatable bonds is 4. The number of hydrogen-bond acceptors (Lipinski definition) is 6. The summed E-state index contributed by atoms with van der Waals surface area (Å²) in [6.45, 7) is 0.100. The van der Waals surface area contributed by atoms with Crippen molar-refractivity contribution in [1.82, 2.24) is 4.98 Å². The molecule has 1 heterocycles. The average molecular weight is 256 g/mol. The number of ether oxygens (including phenoxy) is 1. The molecule has 0 bridgehead atoms. The summed E-state index contributed by atoms with van der Waals surface area (Å²) in [5.74, 6) is -0.161. The van der Waals surface area contributed by atoms with Crippen LogP contribution in [-0.2, 0) is 14.6 Å². The smallest absolute Gasteiger partial charge is 0.316 e. The summed E-state index contributed by atoms with van der Waals surface area (Å²) in [4.78, 5) is 3.91. The molecule has 0 fully saturated rings. The van der Waals surface area contributed by atoms with Crippen molar-refractivity contribution in [3.63, 3.8) is 0 Å². The van der Waals surface area contributed by atoms with E-state index >= 15 is 0 Å². The van der Waals surface area contributed by atoms with Crippen LogP contribution in [-0.4, -0.2) is 32.9 Å². The van der Waals surface area contributed by atoms with Crippen molar-refractivity contribution in [2.24, 2.45) is 0 Å². The first-order chi connectivity index (χ1) is 8.03. The van der Waals surface area contributed by atoms with Gasteiger partial charge in [-0.3, -0.25) is 0 Å². The Morgan fingerprint density at radius 2 is 2.24 bits per heavy atom. The molecule has 0 unspecified atom stereocenters.